The molecule has 0 radical (unpaired) electrons. The summed E-state index contributed by atoms with van der Waals surface area (Å²) in [6.45, 7) is 1.70. The maximum absolute atomic E-state index is 12.3. The number of nitrogens with two attached hydrogens (primary N) is 1. The molecular weight excluding hydrogens is 342 g/mol. The second-order valence-electron chi connectivity index (χ2n) is 5.15. The van der Waals surface area contributed by atoms with Crippen LogP contribution in [0.3, 0.4) is 0 Å². The zero-order valence-electron chi connectivity index (χ0n) is 13.0. The molecule has 0 saturated carbocycles. The second kappa shape index (κ2) is 6.66. The van der Waals surface area contributed by atoms with E-state index >= 15 is 0 Å². The minimum Gasteiger partial charge on any atom is -0.382 e. The number of carbonyl (C=O) groups is 1. The van der Waals surface area contributed by atoms with E-state index in [2.05, 4.69) is 25.3 Å². The van der Waals surface area contributed by atoms with Crippen molar-refractivity contribution in [2.45, 2.75) is 17.3 Å². The molecule has 0 saturated heterocycles. The first kappa shape index (κ1) is 16.5. The third-order valence-electron chi connectivity index (χ3n) is 3.35. The lowest BCUT2D eigenvalue weighted by molar-refractivity contribution is -0.115. The predicted octanol–water partition coefficient (Wildman–Crippen LogP) is 1.22. The van der Waals surface area contributed by atoms with Crippen molar-refractivity contribution in [2.75, 3.05) is 11.1 Å². The smallest absolute Gasteiger partial charge is 0.323 e. The van der Waals surface area contributed by atoms with Crippen LogP contribution in [0.15, 0.2) is 34.3 Å². The fraction of sp³-hybridized carbons (Fsp3) is 0.133. The summed E-state index contributed by atoms with van der Waals surface area (Å²) in [6, 6.07) is 6.94. The molecule has 3 rings (SSSR count). The number of nitriles is 1. The van der Waals surface area contributed by atoms with Gasteiger partial charge in [-0.15, -0.1) is 0 Å². The number of nitrogens with zero attached hydrogens (tertiary/aromatic N) is 3. The number of hydrogen-bond acceptors (Lipinski definition) is 7. The first-order valence-electron chi connectivity index (χ1n) is 7.18. The van der Waals surface area contributed by atoms with Gasteiger partial charge in [-0.1, -0.05) is 11.8 Å². The van der Waals surface area contributed by atoms with E-state index in [0.717, 1.165) is 11.8 Å². The van der Waals surface area contributed by atoms with Crippen LogP contribution in [0.4, 0.5) is 11.5 Å². The summed E-state index contributed by atoms with van der Waals surface area (Å²) in [6.07, 6.45) is 1.32. The van der Waals surface area contributed by atoms with E-state index < -0.39 is 5.25 Å². The van der Waals surface area contributed by atoms with Gasteiger partial charge >= 0.3 is 5.69 Å². The first-order valence-corrected chi connectivity index (χ1v) is 8.06. The van der Waals surface area contributed by atoms with E-state index in [0.29, 0.717) is 21.9 Å². The van der Waals surface area contributed by atoms with Crippen LogP contribution in [0.1, 0.15) is 12.5 Å². The first-order chi connectivity index (χ1) is 12.0. The average molecular weight is 355 g/mol. The molecule has 2 heterocycles. The largest absolute Gasteiger partial charge is 0.382 e. The third-order valence-corrected chi connectivity index (χ3v) is 4.33. The number of imidazole rings is 1. The lowest BCUT2D eigenvalue weighted by Gasteiger charge is -2.11. The van der Waals surface area contributed by atoms with Gasteiger partial charge in [0, 0.05) is 5.69 Å². The number of H-pyrrole nitrogens is 2. The van der Waals surface area contributed by atoms with Crippen LogP contribution in [-0.2, 0) is 4.79 Å². The molecule has 25 heavy (non-hydrogen) atoms. The highest BCUT2D eigenvalue weighted by Gasteiger charge is 2.17. The van der Waals surface area contributed by atoms with Crippen molar-refractivity contribution in [3.05, 3.63) is 40.4 Å². The minimum atomic E-state index is -0.492. The van der Waals surface area contributed by atoms with Crippen molar-refractivity contribution in [3.8, 4) is 6.07 Å². The zero-order valence-corrected chi connectivity index (χ0v) is 13.8. The minimum absolute atomic E-state index is 0.0782. The van der Waals surface area contributed by atoms with Crippen LogP contribution in [0.5, 0.6) is 0 Å². The van der Waals surface area contributed by atoms with Gasteiger partial charge in [0.2, 0.25) is 5.91 Å². The normalized spacial score (nSPS) is 11.8. The summed E-state index contributed by atoms with van der Waals surface area (Å²) in [7, 11) is 0. The number of fused-ring (bicyclic) bond motifs is 1. The van der Waals surface area contributed by atoms with E-state index in [1.165, 1.54) is 6.20 Å². The van der Waals surface area contributed by atoms with Crippen LogP contribution >= 0.6 is 11.8 Å². The van der Waals surface area contributed by atoms with Crippen LogP contribution in [0.25, 0.3) is 11.0 Å². The molecule has 0 aliphatic carbocycles. The summed E-state index contributed by atoms with van der Waals surface area (Å²) >= 11 is 1.12. The van der Waals surface area contributed by atoms with Gasteiger partial charge in [-0.3, -0.25) is 4.79 Å². The molecule has 5 N–H and O–H groups in total. The van der Waals surface area contributed by atoms with E-state index in [1.54, 1.807) is 25.1 Å². The number of rotatable bonds is 4. The molecule has 0 fully saturated rings. The topological polar surface area (TPSA) is 153 Å². The SMILES string of the molecule is C[C@H](Sc1ncc(C#N)c(N)n1)C(=O)Nc1ccc2[nH]c(=O)[nH]c2c1. The standard InChI is InChI=1S/C15H13N7O2S/c1-7(25-15-18-6-8(5-16)12(17)22-15)13(23)19-9-2-3-10-11(4-9)21-14(24)20-10/h2-4,6-7H,1H3,(H,19,23)(H2,17,18,22)(H2,20,21,24)/t7-/m0/s1. The number of nitrogen functional groups attached to an aromatic ring is 1. The number of aromatic amines is 2. The van der Waals surface area contributed by atoms with Crippen molar-refractivity contribution in [1.29, 1.82) is 5.26 Å². The Labute approximate surface area is 145 Å². The Hall–Kier alpha value is -3.32. The highest BCUT2D eigenvalue weighted by atomic mass is 32.2. The molecular formula is C15H13N7O2S. The van der Waals surface area contributed by atoms with Gasteiger partial charge < -0.3 is 21.0 Å². The number of amides is 1. The van der Waals surface area contributed by atoms with Crippen molar-refractivity contribution in [2.24, 2.45) is 0 Å². The number of nitrogens with one attached hydrogen (secondary N) is 3. The molecule has 3 aromatic rings. The molecule has 0 unspecified atom stereocenters. The van der Waals surface area contributed by atoms with Gasteiger partial charge in [0.1, 0.15) is 17.5 Å². The molecule has 10 heteroatoms. The summed E-state index contributed by atoms with van der Waals surface area (Å²) < 4.78 is 0. The van der Waals surface area contributed by atoms with Gasteiger partial charge in [-0.05, 0) is 25.1 Å². The fourth-order valence-electron chi connectivity index (χ4n) is 2.09. The average Bonchev–Trinajstić information content (AvgIpc) is 2.94. The number of thioether (sulfide) groups is 1. The number of benzene rings is 1. The maximum Gasteiger partial charge on any atom is 0.323 e. The Bertz CT molecular complexity index is 1050. The van der Waals surface area contributed by atoms with Gasteiger partial charge in [-0.25, -0.2) is 14.8 Å². The lowest BCUT2D eigenvalue weighted by atomic mass is 10.2. The third kappa shape index (κ3) is 3.61. The van der Waals surface area contributed by atoms with Gasteiger partial charge in [-0.2, -0.15) is 5.26 Å². The van der Waals surface area contributed by atoms with Crippen molar-refractivity contribution in [3.63, 3.8) is 0 Å². The van der Waals surface area contributed by atoms with Crippen LogP contribution in [0.2, 0.25) is 0 Å². The fourth-order valence-corrected chi connectivity index (χ4v) is 2.83. The molecule has 126 valence electrons. The van der Waals surface area contributed by atoms with E-state index in [9.17, 15) is 9.59 Å². The monoisotopic (exact) mass is 355 g/mol. The Balaban J connectivity index is 1.70. The highest BCUT2D eigenvalue weighted by molar-refractivity contribution is 8.00. The molecule has 0 spiro atoms. The molecule has 0 aliphatic heterocycles. The maximum atomic E-state index is 12.3. The molecule has 1 amide bonds. The Morgan fingerprint density at radius 2 is 2.16 bits per heavy atom. The van der Waals surface area contributed by atoms with E-state index in [-0.39, 0.29) is 23.0 Å². The molecule has 0 aliphatic rings. The summed E-state index contributed by atoms with van der Waals surface area (Å²) in [5.41, 5.74) is 7.34. The van der Waals surface area contributed by atoms with E-state index in [4.69, 9.17) is 11.0 Å². The highest BCUT2D eigenvalue weighted by Crippen LogP contribution is 2.23. The summed E-state index contributed by atoms with van der Waals surface area (Å²) in [4.78, 5) is 36.8. The van der Waals surface area contributed by atoms with Crippen molar-refractivity contribution in [1.82, 2.24) is 19.9 Å². The number of hydrogen-bond donors (Lipinski definition) is 4. The molecule has 9 nitrogen and oxygen atoms in total. The molecule has 1 atom stereocenters. The van der Waals surface area contributed by atoms with Gasteiger partial charge in [0.05, 0.1) is 22.5 Å². The number of anilines is 2. The summed E-state index contributed by atoms with van der Waals surface area (Å²) in [5.74, 6) is -0.178. The van der Waals surface area contributed by atoms with Gasteiger partial charge in [0.25, 0.3) is 0 Å². The molecule has 0 bridgehead atoms. The zero-order chi connectivity index (χ0) is 18.0. The quantitative estimate of drug-likeness (QED) is 0.405. The van der Waals surface area contributed by atoms with Crippen LogP contribution in [-0.4, -0.2) is 31.1 Å². The Kier molecular flexibility index (Phi) is 4.40. The van der Waals surface area contributed by atoms with Crippen LogP contribution in [0, 0.1) is 11.3 Å². The van der Waals surface area contributed by atoms with E-state index in [1.807, 2.05) is 6.07 Å². The second-order valence-corrected chi connectivity index (χ2v) is 6.46. The molecule has 1 aromatic carbocycles. The van der Waals surface area contributed by atoms with Crippen molar-refractivity contribution >= 4 is 40.2 Å². The number of carbonyl (C=O) groups excluding carboxylic acids is 1. The molecule has 2 aromatic heterocycles. The van der Waals surface area contributed by atoms with Crippen LogP contribution < -0.4 is 16.7 Å². The number of aromatic nitrogens is 4. The lowest BCUT2D eigenvalue weighted by Crippen LogP contribution is -2.22. The Morgan fingerprint density at radius 1 is 1.40 bits per heavy atom. The summed E-state index contributed by atoms with van der Waals surface area (Å²) in [5, 5.41) is 11.4. The predicted molar refractivity (Wildman–Crippen MR) is 94.0 cm³/mol. The Morgan fingerprint density at radius 3 is 2.88 bits per heavy atom. The van der Waals surface area contributed by atoms with Crippen molar-refractivity contribution < 1.29 is 4.79 Å². The van der Waals surface area contributed by atoms with Gasteiger partial charge in [0.15, 0.2) is 5.16 Å².